The van der Waals surface area contributed by atoms with Crippen LogP contribution in [-0.4, -0.2) is 12.1 Å². The van der Waals surface area contributed by atoms with E-state index in [2.05, 4.69) is 0 Å². The molecule has 1 unspecified atom stereocenters. The van der Waals surface area contributed by atoms with E-state index in [9.17, 15) is 9.59 Å². The maximum absolute atomic E-state index is 12.0. The van der Waals surface area contributed by atoms with E-state index >= 15 is 0 Å². The van der Waals surface area contributed by atoms with Gasteiger partial charge in [-0.1, -0.05) is 60.7 Å². The predicted molar refractivity (Wildman–Crippen MR) is 79.6 cm³/mol. The first-order chi connectivity index (χ1) is 9.79. The Kier molecular flexibility index (Phi) is 5.24. The highest BCUT2D eigenvalue weighted by Crippen LogP contribution is 2.18. The van der Waals surface area contributed by atoms with Crippen molar-refractivity contribution in [3.63, 3.8) is 0 Å². The highest BCUT2D eigenvalue weighted by molar-refractivity contribution is 5.83. The molecule has 2 heteroatoms. The molecular formula is C18H18O2. The van der Waals surface area contributed by atoms with Crippen LogP contribution in [0.5, 0.6) is 0 Å². The summed E-state index contributed by atoms with van der Waals surface area (Å²) in [6, 6.07) is 19.4. The maximum Gasteiger partial charge on any atom is 0.134 e. The lowest BCUT2D eigenvalue weighted by atomic mass is 9.93. The first kappa shape index (κ1) is 14.2. The van der Waals surface area contributed by atoms with Crippen molar-refractivity contribution in [1.82, 2.24) is 0 Å². The van der Waals surface area contributed by atoms with E-state index in [4.69, 9.17) is 0 Å². The van der Waals surface area contributed by atoms with Gasteiger partial charge in [0.05, 0.1) is 0 Å². The van der Waals surface area contributed by atoms with Crippen LogP contribution in [0.15, 0.2) is 60.7 Å². The summed E-state index contributed by atoms with van der Waals surface area (Å²) in [6.07, 6.45) is 2.39. The lowest BCUT2D eigenvalue weighted by Gasteiger charge is -2.09. The number of carbonyl (C=O) groups is 2. The summed E-state index contributed by atoms with van der Waals surface area (Å²) in [6.45, 7) is 0. The number of carbonyl (C=O) groups excluding carboxylic acids is 2. The zero-order valence-electron chi connectivity index (χ0n) is 11.4. The zero-order valence-corrected chi connectivity index (χ0v) is 11.4. The molecule has 0 aromatic heterocycles. The molecule has 0 N–H and O–H groups in total. The molecule has 0 amide bonds. The summed E-state index contributed by atoms with van der Waals surface area (Å²) < 4.78 is 0. The standard InChI is InChI=1S/C18H18O2/c19-14-17(16-9-5-2-6-10-16)13-18(20)12-11-15-7-3-1-4-8-15/h1-10,14,17H,11-13H2. The second kappa shape index (κ2) is 7.39. The van der Waals surface area contributed by atoms with Gasteiger partial charge in [0.1, 0.15) is 12.1 Å². The van der Waals surface area contributed by atoms with Crippen LogP contribution in [-0.2, 0) is 16.0 Å². The third-order valence-corrected chi connectivity index (χ3v) is 3.37. The maximum atomic E-state index is 12.0. The molecule has 0 spiro atoms. The van der Waals surface area contributed by atoms with Crippen LogP contribution < -0.4 is 0 Å². The molecule has 0 aliphatic carbocycles. The molecule has 0 saturated heterocycles. The summed E-state index contributed by atoms with van der Waals surface area (Å²) in [4.78, 5) is 23.2. The van der Waals surface area contributed by atoms with Gasteiger partial charge >= 0.3 is 0 Å². The van der Waals surface area contributed by atoms with Crippen LogP contribution in [0.1, 0.15) is 29.9 Å². The molecule has 20 heavy (non-hydrogen) atoms. The number of hydrogen-bond acceptors (Lipinski definition) is 2. The SMILES string of the molecule is O=CC(CC(=O)CCc1ccccc1)c1ccccc1. The summed E-state index contributed by atoms with van der Waals surface area (Å²) in [7, 11) is 0. The monoisotopic (exact) mass is 266 g/mol. The normalized spacial score (nSPS) is 11.8. The van der Waals surface area contributed by atoms with Gasteiger partial charge in [-0.25, -0.2) is 0 Å². The first-order valence-corrected chi connectivity index (χ1v) is 6.85. The lowest BCUT2D eigenvalue weighted by Crippen LogP contribution is -2.09. The van der Waals surface area contributed by atoms with E-state index in [1.54, 1.807) is 0 Å². The molecule has 0 radical (unpaired) electrons. The number of Topliss-reactive ketones (excluding diaryl/α,β-unsaturated/α-hetero) is 1. The van der Waals surface area contributed by atoms with Gasteiger partial charge in [0, 0.05) is 18.8 Å². The number of benzene rings is 2. The number of aldehydes is 1. The smallest absolute Gasteiger partial charge is 0.134 e. The average Bonchev–Trinajstić information content (AvgIpc) is 2.52. The van der Waals surface area contributed by atoms with Crippen molar-refractivity contribution in [3.05, 3.63) is 71.8 Å². The van der Waals surface area contributed by atoms with Crippen molar-refractivity contribution in [2.45, 2.75) is 25.2 Å². The van der Waals surface area contributed by atoms with Gasteiger partial charge in [-0.2, -0.15) is 0 Å². The summed E-state index contributed by atoms with van der Waals surface area (Å²) in [5.74, 6) is -0.186. The first-order valence-electron chi connectivity index (χ1n) is 6.85. The molecule has 0 fully saturated rings. The molecule has 0 saturated carbocycles. The Labute approximate surface area is 119 Å². The Morgan fingerprint density at radius 2 is 1.55 bits per heavy atom. The molecule has 0 aliphatic rings. The molecule has 0 heterocycles. The average molecular weight is 266 g/mol. The molecule has 102 valence electrons. The largest absolute Gasteiger partial charge is 0.303 e. The van der Waals surface area contributed by atoms with E-state index < -0.39 is 0 Å². The molecule has 2 aromatic carbocycles. The summed E-state index contributed by atoms with van der Waals surface area (Å²) in [5.41, 5.74) is 2.07. The molecule has 0 aliphatic heterocycles. The van der Waals surface area contributed by atoms with Crippen LogP contribution in [0.4, 0.5) is 0 Å². The van der Waals surface area contributed by atoms with Crippen LogP contribution >= 0.6 is 0 Å². The van der Waals surface area contributed by atoms with E-state index in [1.807, 2.05) is 60.7 Å². The van der Waals surface area contributed by atoms with Gasteiger partial charge in [-0.15, -0.1) is 0 Å². The Morgan fingerprint density at radius 1 is 0.950 bits per heavy atom. The van der Waals surface area contributed by atoms with Gasteiger partial charge in [0.2, 0.25) is 0 Å². The Hall–Kier alpha value is -2.22. The number of rotatable bonds is 7. The van der Waals surface area contributed by atoms with Gasteiger partial charge in [0.25, 0.3) is 0 Å². The van der Waals surface area contributed by atoms with Gasteiger partial charge in [0.15, 0.2) is 0 Å². The predicted octanol–water partition coefficient (Wildman–Crippen LogP) is 3.56. The summed E-state index contributed by atoms with van der Waals surface area (Å²) in [5, 5.41) is 0. The fourth-order valence-electron chi connectivity index (χ4n) is 2.22. The van der Waals surface area contributed by atoms with Gasteiger partial charge < -0.3 is 4.79 Å². The van der Waals surface area contributed by atoms with Gasteiger partial charge in [-0.05, 0) is 17.5 Å². The third-order valence-electron chi connectivity index (χ3n) is 3.37. The van der Waals surface area contributed by atoms with Crippen molar-refractivity contribution in [1.29, 1.82) is 0 Å². The van der Waals surface area contributed by atoms with E-state index in [-0.39, 0.29) is 11.7 Å². The Balaban J connectivity index is 1.88. The van der Waals surface area contributed by atoms with E-state index in [1.165, 1.54) is 0 Å². The molecular weight excluding hydrogens is 248 g/mol. The number of aryl methyl sites for hydroxylation is 1. The topological polar surface area (TPSA) is 34.1 Å². The van der Waals surface area contributed by atoms with Crippen LogP contribution in [0.3, 0.4) is 0 Å². The number of ketones is 1. The minimum atomic E-state index is -0.320. The zero-order chi connectivity index (χ0) is 14.2. The minimum Gasteiger partial charge on any atom is -0.303 e. The molecule has 2 aromatic rings. The number of hydrogen-bond donors (Lipinski definition) is 0. The molecule has 2 nitrogen and oxygen atoms in total. The minimum absolute atomic E-state index is 0.134. The second-order valence-electron chi connectivity index (χ2n) is 4.88. The van der Waals surface area contributed by atoms with Crippen LogP contribution in [0.25, 0.3) is 0 Å². The molecule has 2 rings (SSSR count). The van der Waals surface area contributed by atoms with Crippen molar-refractivity contribution in [3.8, 4) is 0 Å². The van der Waals surface area contributed by atoms with Crippen molar-refractivity contribution in [2.24, 2.45) is 0 Å². The highest BCUT2D eigenvalue weighted by Gasteiger charge is 2.14. The van der Waals surface area contributed by atoms with Crippen molar-refractivity contribution >= 4 is 12.1 Å². The van der Waals surface area contributed by atoms with Crippen LogP contribution in [0.2, 0.25) is 0 Å². The summed E-state index contributed by atoms with van der Waals surface area (Å²) >= 11 is 0. The van der Waals surface area contributed by atoms with Crippen molar-refractivity contribution in [2.75, 3.05) is 0 Å². The quantitative estimate of drug-likeness (QED) is 0.718. The fourth-order valence-corrected chi connectivity index (χ4v) is 2.22. The molecule has 0 bridgehead atoms. The second-order valence-corrected chi connectivity index (χ2v) is 4.88. The van der Waals surface area contributed by atoms with Crippen molar-refractivity contribution < 1.29 is 9.59 Å². The fraction of sp³-hybridized carbons (Fsp3) is 0.222. The molecule has 1 atom stereocenters. The Bertz CT molecular complexity index is 546. The van der Waals surface area contributed by atoms with E-state index in [0.29, 0.717) is 12.8 Å². The lowest BCUT2D eigenvalue weighted by molar-refractivity contribution is -0.121. The third kappa shape index (κ3) is 4.16. The highest BCUT2D eigenvalue weighted by atomic mass is 16.1. The Morgan fingerprint density at radius 3 is 2.15 bits per heavy atom. The van der Waals surface area contributed by atoms with Gasteiger partial charge in [-0.3, -0.25) is 4.79 Å². The van der Waals surface area contributed by atoms with Crippen LogP contribution in [0, 0.1) is 0 Å². The van der Waals surface area contributed by atoms with E-state index in [0.717, 1.165) is 23.8 Å².